The molecule has 0 radical (unpaired) electrons. The van der Waals surface area contributed by atoms with Crippen molar-refractivity contribution in [3.8, 4) is 17.2 Å². The van der Waals surface area contributed by atoms with Gasteiger partial charge in [0.1, 0.15) is 31.0 Å². The van der Waals surface area contributed by atoms with Crippen LogP contribution in [0.1, 0.15) is 49.8 Å². The molecule has 2 aromatic carbocycles. The molecule has 0 aromatic heterocycles. The van der Waals surface area contributed by atoms with Crippen LogP contribution in [0.3, 0.4) is 0 Å². The third-order valence-electron chi connectivity index (χ3n) is 4.80. The molecule has 0 saturated carbocycles. The Hall–Kier alpha value is -2.95. The summed E-state index contributed by atoms with van der Waals surface area (Å²) in [7, 11) is 1.55. The second-order valence-corrected chi connectivity index (χ2v) is 7.41. The van der Waals surface area contributed by atoms with Crippen molar-refractivity contribution in [1.29, 1.82) is 0 Å². The van der Waals surface area contributed by atoms with E-state index >= 15 is 0 Å². The van der Waals surface area contributed by atoms with Crippen LogP contribution in [0, 0.1) is 13.8 Å². The molecule has 0 amide bonds. The fourth-order valence-corrected chi connectivity index (χ4v) is 3.21. The number of hydrogen-bond donors (Lipinski definition) is 0. The van der Waals surface area contributed by atoms with Gasteiger partial charge in [-0.15, -0.1) is 0 Å². The van der Waals surface area contributed by atoms with Crippen molar-refractivity contribution >= 4 is 5.71 Å². The summed E-state index contributed by atoms with van der Waals surface area (Å²) in [6.45, 7) is 9.99. The number of allylic oxidation sites excluding steroid dienone is 1. The fourth-order valence-electron chi connectivity index (χ4n) is 3.21. The van der Waals surface area contributed by atoms with Crippen LogP contribution < -0.4 is 14.2 Å². The summed E-state index contributed by atoms with van der Waals surface area (Å²) in [6.07, 6.45) is 6.99. The van der Waals surface area contributed by atoms with Crippen LogP contribution in [-0.4, -0.2) is 32.6 Å². The number of unbranched alkanes of at least 4 members (excludes halogenated alkanes) is 2. The molecule has 0 aliphatic carbocycles. The van der Waals surface area contributed by atoms with Gasteiger partial charge in [-0.2, -0.15) is 0 Å². The summed E-state index contributed by atoms with van der Waals surface area (Å²) in [5.41, 5.74) is 4.03. The number of ether oxygens (including phenoxy) is 3. The van der Waals surface area contributed by atoms with E-state index in [1.54, 1.807) is 7.11 Å². The number of benzene rings is 2. The van der Waals surface area contributed by atoms with E-state index in [-0.39, 0.29) is 0 Å². The summed E-state index contributed by atoms with van der Waals surface area (Å²) >= 11 is 0. The molecule has 5 heteroatoms. The van der Waals surface area contributed by atoms with E-state index < -0.39 is 0 Å². The maximum atomic E-state index is 6.04. The van der Waals surface area contributed by atoms with Gasteiger partial charge in [0.25, 0.3) is 0 Å². The van der Waals surface area contributed by atoms with Crippen LogP contribution in [0.5, 0.6) is 17.2 Å². The number of rotatable bonds is 13. The van der Waals surface area contributed by atoms with Crippen LogP contribution in [0.2, 0.25) is 0 Å². The summed E-state index contributed by atoms with van der Waals surface area (Å²) in [6, 6.07) is 12.0. The van der Waals surface area contributed by atoms with Gasteiger partial charge >= 0.3 is 0 Å². The average molecular weight is 426 g/mol. The van der Waals surface area contributed by atoms with Crippen molar-refractivity contribution in [3.63, 3.8) is 0 Å². The number of oxime groups is 1. The first-order valence-electron chi connectivity index (χ1n) is 10.8. The molecule has 0 heterocycles. The predicted molar refractivity (Wildman–Crippen MR) is 127 cm³/mol. The average Bonchev–Trinajstić information content (AvgIpc) is 2.75. The van der Waals surface area contributed by atoms with Gasteiger partial charge in [-0.3, -0.25) is 0 Å². The smallest absolute Gasteiger partial charge is 0.125 e. The number of aryl methyl sites for hydroxylation is 2. The second-order valence-electron chi connectivity index (χ2n) is 7.41. The molecule has 0 spiro atoms. The maximum Gasteiger partial charge on any atom is 0.125 e. The van der Waals surface area contributed by atoms with Gasteiger partial charge < -0.3 is 19.0 Å². The van der Waals surface area contributed by atoms with Crippen LogP contribution in [-0.2, 0) is 4.84 Å². The van der Waals surface area contributed by atoms with Gasteiger partial charge in [0.2, 0.25) is 0 Å². The highest BCUT2D eigenvalue weighted by atomic mass is 16.6. The molecule has 5 nitrogen and oxygen atoms in total. The van der Waals surface area contributed by atoms with Crippen molar-refractivity contribution in [2.75, 3.05) is 26.9 Å². The molecule has 31 heavy (non-hydrogen) atoms. The minimum Gasteiger partial charge on any atom is -0.494 e. The molecule has 0 aliphatic heterocycles. The van der Waals surface area contributed by atoms with E-state index in [9.17, 15) is 0 Å². The molecule has 168 valence electrons. The molecule has 2 rings (SSSR count). The topological polar surface area (TPSA) is 49.3 Å². The first-order chi connectivity index (χ1) is 15.0. The summed E-state index contributed by atoms with van der Waals surface area (Å²) in [5, 5.41) is 3.96. The lowest BCUT2D eigenvalue weighted by molar-refractivity contribution is 0.213. The van der Waals surface area contributed by atoms with Gasteiger partial charge in [-0.1, -0.05) is 29.4 Å². The third-order valence-corrected chi connectivity index (χ3v) is 4.80. The van der Waals surface area contributed by atoms with Crippen molar-refractivity contribution in [2.45, 2.75) is 47.0 Å². The Bertz CT molecular complexity index is 850. The zero-order valence-electron chi connectivity index (χ0n) is 19.4. The second kappa shape index (κ2) is 13.4. The summed E-state index contributed by atoms with van der Waals surface area (Å²) in [5.74, 6) is 2.69. The zero-order chi connectivity index (χ0) is 22.5. The molecule has 0 atom stereocenters. The van der Waals surface area contributed by atoms with Gasteiger partial charge in [0, 0.05) is 5.56 Å². The first-order valence-corrected chi connectivity index (χ1v) is 10.8. The van der Waals surface area contributed by atoms with E-state index in [1.165, 1.54) is 0 Å². The Morgan fingerprint density at radius 2 is 1.61 bits per heavy atom. The van der Waals surface area contributed by atoms with E-state index in [1.807, 2.05) is 62.4 Å². The van der Waals surface area contributed by atoms with Crippen LogP contribution >= 0.6 is 0 Å². The first kappa shape index (κ1) is 24.3. The Labute approximate surface area is 186 Å². The van der Waals surface area contributed by atoms with Crippen LogP contribution in [0.15, 0.2) is 53.7 Å². The summed E-state index contributed by atoms with van der Waals surface area (Å²) in [4.78, 5) is 4.83. The molecule has 0 N–H and O–H groups in total. The van der Waals surface area contributed by atoms with Crippen molar-refractivity contribution in [1.82, 2.24) is 0 Å². The van der Waals surface area contributed by atoms with Gasteiger partial charge in [0.15, 0.2) is 0 Å². The van der Waals surface area contributed by atoms with Gasteiger partial charge in [0.05, 0.1) is 18.9 Å². The largest absolute Gasteiger partial charge is 0.494 e. The quantitative estimate of drug-likeness (QED) is 0.165. The highest BCUT2D eigenvalue weighted by molar-refractivity contribution is 5.98. The molecule has 0 aliphatic rings. The molecular formula is C26H35NO4. The van der Waals surface area contributed by atoms with Crippen LogP contribution in [0.4, 0.5) is 0 Å². The van der Waals surface area contributed by atoms with Crippen molar-refractivity contribution in [3.05, 3.63) is 65.2 Å². The number of hydrogen-bond acceptors (Lipinski definition) is 5. The Morgan fingerprint density at radius 1 is 0.903 bits per heavy atom. The fraction of sp³-hybridized carbons (Fsp3) is 0.423. The highest BCUT2D eigenvalue weighted by Crippen LogP contribution is 2.28. The van der Waals surface area contributed by atoms with Gasteiger partial charge in [-0.25, -0.2) is 0 Å². The SMILES string of the molecule is C/C=C/COc1cc(C)c(OCCCCCOc2cccc(/C(C)=N/OC)c2)c(C)c1. The van der Waals surface area contributed by atoms with E-state index in [0.717, 1.165) is 58.9 Å². The standard InChI is InChI=1S/C26H35NO4/c1-6-7-14-30-25-17-20(2)26(21(3)18-25)31-16-10-8-9-15-29-24-13-11-12-23(19-24)22(4)27-28-5/h6-7,11-13,17-19H,8-10,14-16H2,1-5H3/b7-6+,27-22+. The lowest BCUT2D eigenvalue weighted by Gasteiger charge is -2.14. The molecule has 2 aromatic rings. The minimum atomic E-state index is 0.586. The highest BCUT2D eigenvalue weighted by Gasteiger charge is 2.07. The zero-order valence-corrected chi connectivity index (χ0v) is 19.4. The third kappa shape index (κ3) is 8.36. The predicted octanol–water partition coefficient (Wildman–Crippen LogP) is 6.26. The lowest BCUT2D eigenvalue weighted by Crippen LogP contribution is -2.04. The normalized spacial score (nSPS) is 11.6. The van der Waals surface area contributed by atoms with Gasteiger partial charge in [-0.05, 0) is 82.3 Å². The molecule has 0 saturated heterocycles. The van der Waals surface area contributed by atoms with Crippen LogP contribution in [0.25, 0.3) is 0 Å². The monoisotopic (exact) mass is 425 g/mol. The van der Waals surface area contributed by atoms with Crippen molar-refractivity contribution < 1.29 is 19.0 Å². The Morgan fingerprint density at radius 3 is 2.29 bits per heavy atom. The number of nitrogens with zero attached hydrogens (tertiary/aromatic N) is 1. The molecule has 0 fully saturated rings. The lowest BCUT2D eigenvalue weighted by atomic mass is 10.1. The van der Waals surface area contributed by atoms with Crippen molar-refractivity contribution in [2.24, 2.45) is 5.16 Å². The van der Waals surface area contributed by atoms with E-state index in [0.29, 0.717) is 19.8 Å². The van der Waals surface area contributed by atoms with E-state index in [4.69, 9.17) is 19.0 Å². The molecule has 0 unspecified atom stereocenters. The Kier molecular flexibility index (Phi) is 10.5. The van der Waals surface area contributed by atoms with E-state index in [2.05, 4.69) is 19.0 Å². The summed E-state index contributed by atoms with van der Waals surface area (Å²) < 4.78 is 17.7. The minimum absolute atomic E-state index is 0.586. The maximum absolute atomic E-state index is 6.04. The molecular weight excluding hydrogens is 390 g/mol. The molecule has 0 bridgehead atoms. The Balaban J connectivity index is 1.70.